The van der Waals surface area contributed by atoms with E-state index in [1.807, 2.05) is 0 Å². The Morgan fingerprint density at radius 3 is 1.50 bits per heavy atom. The fourth-order valence-corrected chi connectivity index (χ4v) is 4.81. The summed E-state index contributed by atoms with van der Waals surface area (Å²) < 4.78 is 4.49. The van der Waals surface area contributed by atoms with E-state index in [0.29, 0.717) is 0 Å². The quantitative estimate of drug-likeness (QED) is 0.280. The first-order valence-corrected chi connectivity index (χ1v) is 10.5. The van der Waals surface area contributed by atoms with E-state index < -0.39 is 0 Å². The topological polar surface area (TPSA) is 6.02 Å². The van der Waals surface area contributed by atoms with Gasteiger partial charge in [0.25, 0.3) is 11.4 Å². The van der Waals surface area contributed by atoms with Gasteiger partial charge in [-0.2, -0.15) is 0 Å². The van der Waals surface area contributed by atoms with Crippen molar-refractivity contribution in [2.45, 2.75) is 34.6 Å². The lowest BCUT2D eigenvalue weighted by molar-refractivity contribution is 1.08. The number of hydrogen-bond acceptors (Lipinski definition) is 0. The molecule has 0 unspecified atom stereocenters. The predicted molar refractivity (Wildman–Crippen MR) is 128 cm³/mol. The summed E-state index contributed by atoms with van der Waals surface area (Å²) in [6.07, 6.45) is 0. The van der Waals surface area contributed by atoms with Gasteiger partial charge in [0.15, 0.2) is 0 Å². The van der Waals surface area contributed by atoms with Crippen molar-refractivity contribution in [3.63, 3.8) is 0 Å². The monoisotopic (exact) mass is 390 g/mol. The standard InChI is InChI=1S/C28H26N2/c1-18-13-21(4)28(22(5)14-18)30-17-29(27-19(2)9-8-10-20(27)3)25-15-23-11-6-7-12-24(23)16-26(25)30/h6-16H,1-5H3/q+2. The zero-order valence-electron chi connectivity index (χ0n) is 18.2. The van der Waals surface area contributed by atoms with Crippen molar-refractivity contribution in [1.29, 1.82) is 0 Å². The van der Waals surface area contributed by atoms with E-state index in [1.165, 1.54) is 61.3 Å². The number of rotatable bonds is 2. The van der Waals surface area contributed by atoms with Crippen molar-refractivity contribution in [1.82, 2.24) is 9.15 Å². The molecule has 0 radical (unpaired) electrons. The summed E-state index contributed by atoms with van der Waals surface area (Å²) in [4.78, 5) is 0. The molecule has 0 N–H and O–H groups in total. The Bertz CT molecular complexity index is 1370. The molecule has 146 valence electrons. The molecule has 1 aliphatic heterocycles. The molecule has 4 aromatic carbocycles. The van der Waals surface area contributed by atoms with Gasteiger partial charge in [0, 0.05) is 34.4 Å². The zero-order valence-corrected chi connectivity index (χ0v) is 18.2. The van der Waals surface area contributed by atoms with Crippen LogP contribution in [0.5, 0.6) is 0 Å². The first-order chi connectivity index (χ1) is 14.4. The van der Waals surface area contributed by atoms with Crippen molar-refractivity contribution < 1.29 is 0 Å². The van der Waals surface area contributed by atoms with Crippen LogP contribution in [0.4, 0.5) is 22.7 Å². The first kappa shape index (κ1) is 18.5. The average molecular weight is 391 g/mol. The second-order valence-electron chi connectivity index (χ2n) is 8.45. The molecule has 0 aliphatic carbocycles. The lowest BCUT2D eigenvalue weighted by atomic mass is 10.0. The summed E-state index contributed by atoms with van der Waals surface area (Å²) in [6.45, 7) is 10.9. The summed E-state index contributed by atoms with van der Waals surface area (Å²) in [5, 5.41) is 2.49. The van der Waals surface area contributed by atoms with Crippen molar-refractivity contribution >= 4 is 39.5 Å². The van der Waals surface area contributed by atoms with Crippen LogP contribution >= 0.6 is 0 Å². The Morgan fingerprint density at radius 1 is 0.533 bits per heavy atom. The summed E-state index contributed by atoms with van der Waals surface area (Å²) in [5.41, 5.74) is 11.1. The number of aryl methyl sites for hydroxylation is 5. The molecule has 2 heteroatoms. The number of hydrogen-bond donors (Lipinski definition) is 0. The lowest BCUT2D eigenvalue weighted by Crippen LogP contribution is -2.05. The van der Waals surface area contributed by atoms with Crippen LogP contribution in [0.3, 0.4) is 0 Å². The van der Waals surface area contributed by atoms with Crippen LogP contribution in [0.2, 0.25) is 0 Å². The maximum absolute atomic E-state index is 3.71. The van der Waals surface area contributed by atoms with E-state index in [9.17, 15) is 0 Å². The second kappa shape index (κ2) is 6.79. The maximum Gasteiger partial charge on any atom is 0.503 e. The van der Waals surface area contributed by atoms with Crippen LogP contribution in [0, 0.1) is 34.6 Å². The molecule has 2 nitrogen and oxygen atoms in total. The number of para-hydroxylation sites is 1. The zero-order chi connectivity index (χ0) is 21.0. The van der Waals surface area contributed by atoms with Gasteiger partial charge in [-0.05, 0) is 66.7 Å². The molecule has 0 bridgehead atoms. The van der Waals surface area contributed by atoms with Gasteiger partial charge in [-0.3, -0.25) is 0 Å². The maximum atomic E-state index is 3.71. The Balaban J connectivity index is 1.90. The third-order valence-corrected chi connectivity index (χ3v) is 6.05. The molecular formula is C28H26N2+2. The molecule has 0 aromatic heterocycles. The minimum Gasteiger partial charge on any atom is -0.0616 e. The Labute approximate surface area is 178 Å². The molecule has 0 spiro atoms. The smallest absolute Gasteiger partial charge is 0.0616 e. The van der Waals surface area contributed by atoms with E-state index in [-0.39, 0.29) is 0 Å². The van der Waals surface area contributed by atoms with E-state index in [0.717, 1.165) is 0 Å². The molecule has 0 fully saturated rings. The van der Waals surface area contributed by atoms with Gasteiger partial charge in [0.2, 0.25) is 11.4 Å². The van der Waals surface area contributed by atoms with Gasteiger partial charge < -0.3 is 0 Å². The van der Waals surface area contributed by atoms with Crippen molar-refractivity contribution in [3.05, 3.63) is 94.5 Å². The van der Waals surface area contributed by atoms with Gasteiger partial charge in [-0.15, -0.1) is 0 Å². The first-order valence-electron chi connectivity index (χ1n) is 10.5. The third kappa shape index (κ3) is 2.81. The van der Waals surface area contributed by atoms with E-state index in [4.69, 9.17) is 0 Å². The Kier molecular flexibility index (Phi) is 4.20. The SMILES string of the molecule is Cc1cc(C)c([N+]2=C=[N+](c3c(C)cccc3C)c3cc4ccccc4cc32)c(C)c1. The third-order valence-electron chi connectivity index (χ3n) is 6.05. The molecular weight excluding hydrogens is 364 g/mol. The molecule has 1 heterocycles. The molecule has 0 atom stereocenters. The fraction of sp³-hybridized carbons (Fsp3) is 0.179. The highest BCUT2D eigenvalue weighted by atomic mass is 15.2. The van der Waals surface area contributed by atoms with Gasteiger partial charge in [0.1, 0.15) is 0 Å². The van der Waals surface area contributed by atoms with Crippen LogP contribution in [-0.4, -0.2) is 6.01 Å². The Hall–Kier alpha value is -3.48. The van der Waals surface area contributed by atoms with Crippen molar-refractivity contribution in [2.75, 3.05) is 0 Å². The van der Waals surface area contributed by atoms with Crippen molar-refractivity contribution in [3.8, 4) is 0 Å². The molecule has 0 saturated carbocycles. The van der Waals surface area contributed by atoms with Gasteiger partial charge in [0.05, 0.1) is 0 Å². The highest BCUT2D eigenvalue weighted by Gasteiger charge is 2.39. The van der Waals surface area contributed by atoms with Gasteiger partial charge in [-0.25, -0.2) is 0 Å². The number of nitrogens with zero attached hydrogens (tertiary/aromatic N) is 2. The average Bonchev–Trinajstić information content (AvgIpc) is 3.03. The molecule has 30 heavy (non-hydrogen) atoms. The van der Waals surface area contributed by atoms with Crippen LogP contribution in [-0.2, 0) is 0 Å². The molecule has 0 saturated heterocycles. The predicted octanol–water partition coefficient (Wildman–Crippen LogP) is 7.24. The summed E-state index contributed by atoms with van der Waals surface area (Å²) in [5.74, 6) is 0. The van der Waals surface area contributed by atoms with Gasteiger partial charge >= 0.3 is 6.01 Å². The number of benzene rings is 4. The molecule has 4 aromatic rings. The van der Waals surface area contributed by atoms with Crippen LogP contribution in [0.15, 0.2) is 66.7 Å². The van der Waals surface area contributed by atoms with E-state index in [1.54, 1.807) is 0 Å². The normalized spacial score (nSPS) is 12.7. The van der Waals surface area contributed by atoms with Crippen LogP contribution in [0.25, 0.3) is 10.8 Å². The van der Waals surface area contributed by atoms with Crippen LogP contribution in [0.1, 0.15) is 27.8 Å². The second-order valence-corrected chi connectivity index (χ2v) is 8.45. The highest BCUT2D eigenvalue weighted by molar-refractivity contribution is 5.96. The van der Waals surface area contributed by atoms with Gasteiger partial charge in [-0.1, -0.05) is 48.0 Å². The minimum atomic E-state index is 1.17. The number of fused-ring (bicyclic) bond motifs is 2. The van der Waals surface area contributed by atoms with Crippen LogP contribution < -0.4 is 9.15 Å². The van der Waals surface area contributed by atoms with Crippen molar-refractivity contribution in [2.24, 2.45) is 0 Å². The minimum absolute atomic E-state index is 1.17. The Morgan fingerprint density at radius 2 is 1.00 bits per heavy atom. The fourth-order valence-electron chi connectivity index (χ4n) is 4.81. The molecule has 0 amide bonds. The van der Waals surface area contributed by atoms with E-state index >= 15 is 0 Å². The summed E-state index contributed by atoms with van der Waals surface area (Å²) in [7, 11) is 0. The van der Waals surface area contributed by atoms with E-state index in [2.05, 4.69) is 117 Å². The highest BCUT2D eigenvalue weighted by Crippen LogP contribution is 2.41. The largest absolute Gasteiger partial charge is 0.503 e. The molecule has 1 aliphatic rings. The summed E-state index contributed by atoms with van der Waals surface area (Å²) >= 11 is 0. The summed E-state index contributed by atoms with van der Waals surface area (Å²) in [6, 6.07) is 27.9. The molecule has 5 rings (SSSR count). The lowest BCUT2D eigenvalue weighted by Gasteiger charge is -2.06.